The number of carbonyl (C=O) groups excluding carboxylic acids is 1. The van der Waals surface area contributed by atoms with Crippen molar-refractivity contribution in [3.8, 4) is 6.07 Å². The summed E-state index contributed by atoms with van der Waals surface area (Å²) in [6.45, 7) is 1.32. The molecule has 0 radical (unpaired) electrons. The molecule has 0 atom stereocenters. The fourth-order valence-electron chi connectivity index (χ4n) is 2.38. The maximum atomic E-state index is 12.3. The molecule has 0 unspecified atom stereocenters. The van der Waals surface area contributed by atoms with Crippen LogP contribution in [-0.2, 0) is 21.2 Å². The lowest BCUT2D eigenvalue weighted by Gasteiger charge is -2.24. The molecular formula is C18H18ClN3O3S. The van der Waals surface area contributed by atoms with Crippen LogP contribution in [0.2, 0.25) is 5.02 Å². The quantitative estimate of drug-likeness (QED) is 0.819. The highest BCUT2D eigenvalue weighted by Crippen LogP contribution is 2.28. The molecule has 8 heteroatoms. The molecule has 0 aliphatic rings. The van der Waals surface area contributed by atoms with Gasteiger partial charge in [0, 0.05) is 10.7 Å². The number of nitrogens with zero attached hydrogens (tertiary/aromatic N) is 2. The Kier molecular flexibility index (Phi) is 6.24. The number of nitrogens with one attached hydrogen (secondary N) is 1. The van der Waals surface area contributed by atoms with E-state index < -0.39 is 15.9 Å². The zero-order valence-corrected chi connectivity index (χ0v) is 15.9. The highest BCUT2D eigenvalue weighted by Gasteiger charge is 2.23. The zero-order chi connectivity index (χ0) is 19.3. The van der Waals surface area contributed by atoms with Gasteiger partial charge < -0.3 is 5.32 Å². The minimum atomic E-state index is -3.68. The van der Waals surface area contributed by atoms with Crippen molar-refractivity contribution < 1.29 is 13.2 Å². The van der Waals surface area contributed by atoms with Crippen LogP contribution >= 0.6 is 11.6 Å². The molecule has 1 N–H and O–H groups in total. The van der Waals surface area contributed by atoms with Gasteiger partial charge in [-0.15, -0.1) is 0 Å². The van der Waals surface area contributed by atoms with Crippen molar-refractivity contribution in [3.05, 3.63) is 58.6 Å². The standard InChI is InChI=1S/C18H18ClN3O3S/c1-13-16(19)4-3-5-17(13)22(26(2,24)25)12-18(23)21-15-8-6-14(7-9-15)10-11-20/h3-9H,10,12H2,1-2H3,(H,21,23). The molecule has 2 rings (SSSR count). The number of benzene rings is 2. The Morgan fingerprint density at radius 1 is 1.23 bits per heavy atom. The largest absolute Gasteiger partial charge is 0.325 e. The second kappa shape index (κ2) is 8.21. The third-order valence-corrected chi connectivity index (χ3v) is 5.25. The van der Waals surface area contributed by atoms with Gasteiger partial charge in [0.1, 0.15) is 6.54 Å². The number of halogens is 1. The molecule has 0 aliphatic carbocycles. The van der Waals surface area contributed by atoms with Crippen LogP contribution in [0.15, 0.2) is 42.5 Å². The van der Waals surface area contributed by atoms with Crippen molar-refractivity contribution in [1.29, 1.82) is 5.26 Å². The summed E-state index contributed by atoms with van der Waals surface area (Å²) in [5, 5.41) is 11.7. The Bertz CT molecular complexity index is 951. The number of anilines is 2. The van der Waals surface area contributed by atoms with E-state index in [9.17, 15) is 13.2 Å². The van der Waals surface area contributed by atoms with Gasteiger partial charge in [-0.1, -0.05) is 29.8 Å². The minimum absolute atomic E-state index is 0.282. The van der Waals surface area contributed by atoms with Gasteiger partial charge in [0.2, 0.25) is 15.9 Å². The molecule has 0 aliphatic heterocycles. The van der Waals surface area contributed by atoms with E-state index in [-0.39, 0.29) is 13.0 Å². The average Bonchev–Trinajstić information content (AvgIpc) is 2.57. The molecule has 2 aromatic carbocycles. The van der Waals surface area contributed by atoms with E-state index in [0.717, 1.165) is 16.1 Å². The third-order valence-electron chi connectivity index (χ3n) is 3.72. The van der Waals surface area contributed by atoms with E-state index in [1.807, 2.05) is 6.07 Å². The van der Waals surface area contributed by atoms with Gasteiger partial charge in [0.15, 0.2) is 0 Å². The first kappa shape index (κ1) is 19.8. The van der Waals surface area contributed by atoms with E-state index in [0.29, 0.717) is 22.0 Å². The van der Waals surface area contributed by atoms with Gasteiger partial charge in [-0.3, -0.25) is 9.10 Å². The maximum absolute atomic E-state index is 12.3. The Hall–Kier alpha value is -2.56. The number of carbonyl (C=O) groups is 1. The fraction of sp³-hybridized carbons (Fsp3) is 0.222. The first-order valence-electron chi connectivity index (χ1n) is 7.71. The second-order valence-corrected chi connectivity index (χ2v) is 8.05. The van der Waals surface area contributed by atoms with Crippen LogP contribution in [0.1, 0.15) is 11.1 Å². The monoisotopic (exact) mass is 391 g/mol. The topological polar surface area (TPSA) is 90.3 Å². The Morgan fingerprint density at radius 3 is 2.46 bits per heavy atom. The highest BCUT2D eigenvalue weighted by molar-refractivity contribution is 7.92. The molecular weight excluding hydrogens is 374 g/mol. The lowest BCUT2D eigenvalue weighted by atomic mass is 10.1. The lowest BCUT2D eigenvalue weighted by Crippen LogP contribution is -2.37. The predicted octanol–water partition coefficient (Wildman–Crippen LogP) is 3.12. The molecule has 0 aromatic heterocycles. The predicted molar refractivity (Wildman–Crippen MR) is 103 cm³/mol. The van der Waals surface area contributed by atoms with Gasteiger partial charge in [0.05, 0.1) is 24.4 Å². The van der Waals surface area contributed by atoms with Crippen molar-refractivity contribution in [3.63, 3.8) is 0 Å². The molecule has 0 spiro atoms. The van der Waals surface area contributed by atoms with Crippen molar-refractivity contribution in [2.75, 3.05) is 22.4 Å². The van der Waals surface area contributed by atoms with Crippen LogP contribution in [0.4, 0.5) is 11.4 Å². The molecule has 1 amide bonds. The Morgan fingerprint density at radius 2 is 1.88 bits per heavy atom. The van der Waals surface area contributed by atoms with E-state index in [1.54, 1.807) is 49.4 Å². The number of amides is 1. The number of sulfonamides is 1. The van der Waals surface area contributed by atoms with Crippen molar-refractivity contribution >= 4 is 38.9 Å². The van der Waals surface area contributed by atoms with E-state index in [1.165, 1.54) is 0 Å². The van der Waals surface area contributed by atoms with Crippen LogP contribution in [0.25, 0.3) is 0 Å². The number of rotatable bonds is 6. The van der Waals surface area contributed by atoms with E-state index in [2.05, 4.69) is 5.32 Å². The van der Waals surface area contributed by atoms with Crippen LogP contribution < -0.4 is 9.62 Å². The summed E-state index contributed by atoms with van der Waals surface area (Å²) in [7, 11) is -3.68. The molecule has 0 heterocycles. The van der Waals surface area contributed by atoms with Crippen molar-refractivity contribution in [1.82, 2.24) is 0 Å². The van der Waals surface area contributed by atoms with Crippen molar-refractivity contribution in [2.24, 2.45) is 0 Å². The molecule has 2 aromatic rings. The molecule has 136 valence electrons. The van der Waals surface area contributed by atoms with Gasteiger partial charge in [-0.05, 0) is 42.3 Å². The van der Waals surface area contributed by atoms with Gasteiger partial charge in [-0.2, -0.15) is 5.26 Å². The summed E-state index contributed by atoms with van der Waals surface area (Å²) in [5.74, 6) is -0.483. The fourth-order valence-corrected chi connectivity index (χ4v) is 3.45. The first-order valence-corrected chi connectivity index (χ1v) is 9.93. The highest BCUT2D eigenvalue weighted by atomic mass is 35.5. The van der Waals surface area contributed by atoms with Gasteiger partial charge in [0.25, 0.3) is 0 Å². The van der Waals surface area contributed by atoms with E-state index in [4.69, 9.17) is 16.9 Å². The Balaban J connectivity index is 2.20. The summed E-state index contributed by atoms with van der Waals surface area (Å²) in [6, 6.07) is 13.7. The normalized spacial score (nSPS) is 10.8. The number of hydrogen-bond acceptors (Lipinski definition) is 4. The van der Waals surface area contributed by atoms with Gasteiger partial charge >= 0.3 is 0 Å². The van der Waals surface area contributed by atoms with Crippen molar-refractivity contribution in [2.45, 2.75) is 13.3 Å². The summed E-state index contributed by atoms with van der Waals surface area (Å²) < 4.78 is 25.4. The van der Waals surface area contributed by atoms with E-state index >= 15 is 0 Å². The summed E-state index contributed by atoms with van der Waals surface area (Å²) >= 11 is 6.07. The number of nitriles is 1. The smallest absolute Gasteiger partial charge is 0.245 e. The summed E-state index contributed by atoms with van der Waals surface area (Å²) in [6.07, 6.45) is 1.32. The molecule has 0 fully saturated rings. The third kappa shape index (κ3) is 4.97. The Labute approximate surface area is 158 Å². The first-order chi connectivity index (χ1) is 12.2. The van der Waals surface area contributed by atoms with Crippen LogP contribution in [0, 0.1) is 18.3 Å². The second-order valence-electron chi connectivity index (χ2n) is 5.73. The SMILES string of the molecule is Cc1c(Cl)cccc1N(CC(=O)Nc1ccc(CC#N)cc1)S(C)(=O)=O. The van der Waals surface area contributed by atoms with Crippen LogP contribution in [0.3, 0.4) is 0 Å². The van der Waals surface area contributed by atoms with Gasteiger partial charge in [-0.25, -0.2) is 8.42 Å². The van der Waals surface area contributed by atoms with Crippen LogP contribution in [-0.4, -0.2) is 27.1 Å². The summed E-state index contributed by atoms with van der Waals surface area (Å²) in [4.78, 5) is 12.3. The molecule has 6 nitrogen and oxygen atoms in total. The summed E-state index contributed by atoms with van der Waals surface area (Å²) in [5.41, 5.74) is 2.29. The maximum Gasteiger partial charge on any atom is 0.245 e. The molecule has 26 heavy (non-hydrogen) atoms. The van der Waals surface area contributed by atoms with Crippen LogP contribution in [0.5, 0.6) is 0 Å². The molecule has 0 bridgehead atoms. The molecule has 0 saturated heterocycles. The minimum Gasteiger partial charge on any atom is -0.325 e. The average molecular weight is 392 g/mol. The molecule has 0 saturated carbocycles. The zero-order valence-electron chi connectivity index (χ0n) is 14.4. The lowest BCUT2D eigenvalue weighted by molar-refractivity contribution is -0.114. The number of hydrogen-bond donors (Lipinski definition) is 1.